The molecule has 2 rings (SSSR count). The molecular weight excluding hydrogens is 230 g/mol. The Labute approximate surface area is 118 Å². The van der Waals surface area contributed by atoms with Crippen LogP contribution in [-0.4, -0.2) is 13.1 Å². The van der Waals surface area contributed by atoms with E-state index < -0.39 is 0 Å². The van der Waals surface area contributed by atoms with Gasteiger partial charge in [0.2, 0.25) is 0 Å². The van der Waals surface area contributed by atoms with Crippen molar-refractivity contribution in [2.75, 3.05) is 13.1 Å². The number of hydrogen-bond acceptors (Lipinski definition) is 1. The zero-order valence-electron chi connectivity index (χ0n) is 12.9. The van der Waals surface area contributed by atoms with E-state index in [4.69, 9.17) is 0 Å². The number of benzene rings is 1. The van der Waals surface area contributed by atoms with Crippen LogP contribution in [0.4, 0.5) is 0 Å². The van der Waals surface area contributed by atoms with Gasteiger partial charge in [0.15, 0.2) is 0 Å². The summed E-state index contributed by atoms with van der Waals surface area (Å²) >= 11 is 0. The van der Waals surface area contributed by atoms with Crippen LogP contribution in [0.3, 0.4) is 0 Å². The molecule has 0 unspecified atom stereocenters. The highest BCUT2D eigenvalue weighted by Crippen LogP contribution is 2.22. The van der Waals surface area contributed by atoms with E-state index in [1.807, 2.05) is 0 Å². The quantitative estimate of drug-likeness (QED) is 0.776. The van der Waals surface area contributed by atoms with Gasteiger partial charge in [-0.3, -0.25) is 0 Å². The summed E-state index contributed by atoms with van der Waals surface area (Å²) in [5, 5.41) is 3.67. The SMILES string of the molecule is Cc1cc(C)c(CCNCC2CCCCC2)c(C)c1. The lowest BCUT2D eigenvalue weighted by Gasteiger charge is -2.22. The first kappa shape index (κ1) is 14.6. The van der Waals surface area contributed by atoms with Crippen LogP contribution < -0.4 is 5.32 Å². The van der Waals surface area contributed by atoms with Gasteiger partial charge in [-0.05, 0) is 75.7 Å². The molecule has 0 amide bonds. The molecule has 0 radical (unpaired) electrons. The maximum absolute atomic E-state index is 3.67. The minimum absolute atomic E-state index is 0.939. The predicted molar refractivity (Wildman–Crippen MR) is 83.8 cm³/mol. The Hall–Kier alpha value is -0.820. The van der Waals surface area contributed by atoms with Crippen LogP contribution in [0.2, 0.25) is 0 Å². The molecule has 0 aliphatic heterocycles. The van der Waals surface area contributed by atoms with Gasteiger partial charge in [0, 0.05) is 0 Å². The number of aryl methyl sites for hydroxylation is 3. The second-order valence-corrected chi connectivity index (χ2v) is 6.34. The minimum Gasteiger partial charge on any atom is -0.316 e. The standard InChI is InChI=1S/C18H29N/c1-14-11-15(2)18(16(3)12-14)9-10-19-13-17-7-5-4-6-8-17/h11-12,17,19H,4-10,13H2,1-3H3. The Kier molecular flexibility index (Phi) is 5.45. The van der Waals surface area contributed by atoms with Crippen LogP contribution in [0, 0.1) is 26.7 Å². The number of nitrogens with one attached hydrogen (secondary N) is 1. The first-order chi connectivity index (χ1) is 9.16. The monoisotopic (exact) mass is 259 g/mol. The highest BCUT2D eigenvalue weighted by Gasteiger charge is 2.12. The third-order valence-electron chi connectivity index (χ3n) is 4.55. The molecule has 1 heteroatoms. The van der Waals surface area contributed by atoms with Gasteiger partial charge in [0.25, 0.3) is 0 Å². The Morgan fingerprint density at radius 2 is 1.63 bits per heavy atom. The van der Waals surface area contributed by atoms with Crippen molar-refractivity contribution in [3.8, 4) is 0 Å². The van der Waals surface area contributed by atoms with Crippen LogP contribution in [0.5, 0.6) is 0 Å². The van der Waals surface area contributed by atoms with Gasteiger partial charge in [-0.2, -0.15) is 0 Å². The van der Waals surface area contributed by atoms with Gasteiger partial charge < -0.3 is 5.32 Å². The van der Waals surface area contributed by atoms with Crippen LogP contribution in [0.25, 0.3) is 0 Å². The normalized spacial score (nSPS) is 16.8. The molecule has 1 fully saturated rings. The van der Waals surface area contributed by atoms with Gasteiger partial charge in [-0.25, -0.2) is 0 Å². The van der Waals surface area contributed by atoms with E-state index in [1.165, 1.54) is 61.8 Å². The second-order valence-electron chi connectivity index (χ2n) is 6.34. The summed E-state index contributed by atoms with van der Waals surface area (Å²) in [5.41, 5.74) is 5.84. The molecule has 0 atom stereocenters. The summed E-state index contributed by atoms with van der Waals surface area (Å²) in [4.78, 5) is 0. The van der Waals surface area contributed by atoms with Crippen molar-refractivity contribution in [2.24, 2.45) is 5.92 Å². The summed E-state index contributed by atoms with van der Waals surface area (Å²) in [7, 11) is 0. The van der Waals surface area contributed by atoms with E-state index in [0.29, 0.717) is 0 Å². The Balaban J connectivity index is 1.76. The summed E-state index contributed by atoms with van der Waals surface area (Å²) in [6.45, 7) is 9.03. The maximum atomic E-state index is 3.67. The van der Waals surface area contributed by atoms with E-state index in [2.05, 4.69) is 38.2 Å². The van der Waals surface area contributed by atoms with Crippen LogP contribution in [-0.2, 0) is 6.42 Å². The molecule has 0 bridgehead atoms. The molecule has 1 aromatic carbocycles. The lowest BCUT2D eigenvalue weighted by Crippen LogP contribution is -2.26. The van der Waals surface area contributed by atoms with Crippen LogP contribution >= 0.6 is 0 Å². The highest BCUT2D eigenvalue weighted by molar-refractivity contribution is 5.37. The number of rotatable bonds is 5. The highest BCUT2D eigenvalue weighted by atomic mass is 14.9. The molecule has 0 saturated heterocycles. The molecule has 1 aromatic rings. The summed E-state index contributed by atoms with van der Waals surface area (Å²) < 4.78 is 0. The Morgan fingerprint density at radius 3 is 2.26 bits per heavy atom. The van der Waals surface area contributed by atoms with Crippen LogP contribution in [0.1, 0.15) is 54.4 Å². The molecule has 1 saturated carbocycles. The van der Waals surface area contributed by atoms with Gasteiger partial charge in [0.05, 0.1) is 0 Å². The van der Waals surface area contributed by atoms with Crippen molar-refractivity contribution in [3.63, 3.8) is 0 Å². The minimum atomic E-state index is 0.939. The molecule has 1 N–H and O–H groups in total. The van der Waals surface area contributed by atoms with E-state index >= 15 is 0 Å². The van der Waals surface area contributed by atoms with Crippen LogP contribution in [0.15, 0.2) is 12.1 Å². The Morgan fingerprint density at radius 1 is 1.00 bits per heavy atom. The molecule has 0 aromatic heterocycles. The second kappa shape index (κ2) is 7.09. The van der Waals surface area contributed by atoms with Crippen molar-refractivity contribution in [1.29, 1.82) is 0 Å². The van der Waals surface area contributed by atoms with E-state index in [-0.39, 0.29) is 0 Å². The number of hydrogen-bond donors (Lipinski definition) is 1. The van der Waals surface area contributed by atoms with E-state index in [9.17, 15) is 0 Å². The zero-order chi connectivity index (χ0) is 13.7. The Bertz CT molecular complexity index is 379. The van der Waals surface area contributed by atoms with E-state index in [0.717, 1.165) is 12.5 Å². The van der Waals surface area contributed by atoms with Crippen molar-refractivity contribution in [1.82, 2.24) is 5.32 Å². The predicted octanol–water partition coefficient (Wildman–Crippen LogP) is 4.32. The van der Waals surface area contributed by atoms with E-state index in [1.54, 1.807) is 5.56 Å². The maximum Gasteiger partial charge on any atom is -0.000804 e. The molecule has 19 heavy (non-hydrogen) atoms. The van der Waals surface area contributed by atoms with Gasteiger partial charge in [-0.15, -0.1) is 0 Å². The molecule has 1 aliphatic carbocycles. The van der Waals surface area contributed by atoms with Crippen molar-refractivity contribution >= 4 is 0 Å². The smallest absolute Gasteiger partial charge is 0.000804 e. The summed E-state index contributed by atoms with van der Waals surface area (Å²) in [6, 6.07) is 4.62. The molecular formula is C18H29N. The molecule has 0 heterocycles. The molecule has 0 spiro atoms. The lowest BCUT2D eigenvalue weighted by atomic mass is 9.89. The fourth-order valence-electron chi connectivity index (χ4n) is 3.52. The van der Waals surface area contributed by atoms with Gasteiger partial charge in [-0.1, -0.05) is 37.0 Å². The fourth-order valence-corrected chi connectivity index (χ4v) is 3.52. The zero-order valence-corrected chi connectivity index (χ0v) is 12.9. The third-order valence-corrected chi connectivity index (χ3v) is 4.55. The summed E-state index contributed by atoms with van der Waals surface area (Å²) in [5.74, 6) is 0.939. The topological polar surface area (TPSA) is 12.0 Å². The van der Waals surface area contributed by atoms with Gasteiger partial charge >= 0.3 is 0 Å². The first-order valence-electron chi connectivity index (χ1n) is 7.94. The average molecular weight is 259 g/mol. The van der Waals surface area contributed by atoms with Gasteiger partial charge in [0.1, 0.15) is 0 Å². The largest absolute Gasteiger partial charge is 0.316 e. The lowest BCUT2D eigenvalue weighted by molar-refractivity contribution is 0.343. The first-order valence-corrected chi connectivity index (χ1v) is 7.94. The fraction of sp³-hybridized carbons (Fsp3) is 0.667. The summed E-state index contributed by atoms with van der Waals surface area (Å²) in [6.07, 6.45) is 8.40. The van der Waals surface area contributed by atoms with Crippen molar-refractivity contribution in [3.05, 3.63) is 34.4 Å². The van der Waals surface area contributed by atoms with Crippen molar-refractivity contribution in [2.45, 2.75) is 59.3 Å². The van der Waals surface area contributed by atoms with Crippen molar-refractivity contribution < 1.29 is 0 Å². The molecule has 1 aliphatic rings. The third kappa shape index (κ3) is 4.35. The molecule has 1 nitrogen and oxygen atoms in total. The average Bonchev–Trinajstić information content (AvgIpc) is 2.38. The molecule has 106 valence electrons.